The van der Waals surface area contributed by atoms with E-state index < -0.39 is 0 Å². The summed E-state index contributed by atoms with van der Waals surface area (Å²) in [5, 5.41) is 3.95. The van der Waals surface area contributed by atoms with Gasteiger partial charge in [0.25, 0.3) is 5.89 Å². The minimum Gasteiger partial charge on any atom is -0.399 e. The van der Waals surface area contributed by atoms with Crippen LogP contribution in [0.25, 0.3) is 11.5 Å². The summed E-state index contributed by atoms with van der Waals surface area (Å²) in [7, 11) is 1.66. The van der Waals surface area contributed by atoms with Crippen LogP contribution in [0.4, 0.5) is 5.69 Å². The summed E-state index contributed by atoms with van der Waals surface area (Å²) in [4.78, 5) is 4.36. The molecule has 0 amide bonds. The number of hydrogen-bond acceptors (Lipinski definition) is 5. The van der Waals surface area contributed by atoms with Crippen LogP contribution in [0.3, 0.4) is 0 Å². The number of aromatic nitrogens is 2. The van der Waals surface area contributed by atoms with Crippen molar-refractivity contribution >= 4 is 5.69 Å². The number of methoxy groups -OCH3 is 1. The molecular formula is C13H17N3O2. The fourth-order valence-corrected chi connectivity index (χ4v) is 1.71. The van der Waals surface area contributed by atoms with Crippen molar-refractivity contribution < 1.29 is 9.26 Å². The zero-order valence-electron chi connectivity index (χ0n) is 10.8. The van der Waals surface area contributed by atoms with Gasteiger partial charge in [0.15, 0.2) is 5.82 Å². The highest BCUT2D eigenvalue weighted by molar-refractivity contribution is 5.62. The lowest BCUT2D eigenvalue weighted by molar-refractivity contribution is 0.116. The number of nitrogens with two attached hydrogens (primary N) is 1. The van der Waals surface area contributed by atoms with E-state index in [0.717, 1.165) is 16.8 Å². The van der Waals surface area contributed by atoms with E-state index in [1.807, 2.05) is 32.0 Å². The summed E-state index contributed by atoms with van der Waals surface area (Å²) in [5.41, 5.74) is 8.37. The van der Waals surface area contributed by atoms with Crippen molar-refractivity contribution in [2.75, 3.05) is 12.8 Å². The van der Waals surface area contributed by atoms with Gasteiger partial charge in [0.1, 0.15) is 0 Å². The Morgan fingerprint density at radius 1 is 1.44 bits per heavy atom. The van der Waals surface area contributed by atoms with E-state index in [-0.39, 0.29) is 6.10 Å². The molecule has 1 aromatic heterocycles. The number of rotatable bonds is 4. The molecule has 2 rings (SSSR count). The molecule has 1 unspecified atom stereocenters. The van der Waals surface area contributed by atoms with Gasteiger partial charge < -0.3 is 15.0 Å². The molecule has 5 heteroatoms. The lowest BCUT2D eigenvalue weighted by Gasteiger charge is -2.04. The highest BCUT2D eigenvalue weighted by Gasteiger charge is 2.13. The van der Waals surface area contributed by atoms with E-state index >= 15 is 0 Å². The summed E-state index contributed by atoms with van der Waals surface area (Å²) >= 11 is 0. The molecule has 0 saturated carbocycles. The van der Waals surface area contributed by atoms with E-state index in [1.165, 1.54) is 0 Å². The predicted octanol–water partition coefficient (Wildman–Crippen LogP) is 2.20. The smallest absolute Gasteiger partial charge is 0.258 e. The first-order chi connectivity index (χ1) is 8.60. The Morgan fingerprint density at radius 2 is 2.22 bits per heavy atom. The minimum absolute atomic E-state index is 0.0722. The lowest BCUT2D eigenvalue weighted by Crippen LogP contribution is -2.09. The van der Waals surface area contributed by atoms with E-state index in [1.54, 1.807) is 7.11 Å². The maximum absolute atomic E-state index is 5.71. The van der Waals surface area contributed by atoms with Gasteiger partial charge >= 0.3 is 0 Å². The van der Waals surface area contributed by atoms with Gasteiger partial charge in [-0.2, -0.15) is 4.98 Å². The molecular weight excluding hydrogens is 230 g/mol. The molecule has 96 valence electrons. The number of aryl methyl sites for hydroxylation is 1. The van der Waals surface area contributed by atoms with Crippen molar-refractivity contribution in [2.45, 2.75) is 26.4 Å². The molecule has 0 fully saturated rings. The molecule has 1 atom stereocenters. The van der Waals surface area contributed by atoms with Crippen LogP contribution in [-0.2, 0) is 11.2 Å². The highest BCUT2D eigenvalue weighted by Crippen LogP contribution is 2.23. The average Bonchev–Trinajstić information content (AvgIpc) is 2.77. The topological polar surface area (TPSA) is 74.2 Å². The van der Waals surface area contributed by atoms with Crippen LogP contribution in [0.15, 0.2) is 22.7 Å². The third-order valence-electron chi connectivity index (χ3n) is 2.82. The maximum Gasteiger partial charge on any atom is 0.258 e. The molecule has 1 aromatic carbocycles. The number of ether oxygens (including phenoxy) is 1. The third kappa shape index (κ3) is 2.68. The quantitative estimate of drug-likeness (QED) is 0.838. The van der Waals surface area contributed by atoms with Gasteiger partial charge in [-0.05, 0) is 37.6 Å². The average molecular weight is 247 g/mol. The van der Waals surface area contributed by atoms with E-state index in [4.69, 9.17) is 15.0 Å². The van der Waals surface area contributed by atoms with E-state index in [0.29, 0.717) is 18.1 Å². The van der Waals surface area contributed by atoms with Crippen LogP contribution in [0.5, 0.6) is 0 Å². The molecule has 5 nitrogen and oxygen atoms in total. The molecule has 18 heavy (non-hydrogen) atoms. The van der Waals surface area contributed by atoms with Gasteiger partial charge in [0.05, 0.1) is 6.10 Å². The predicted molar refractivity (Wildman–Crippen MR) is 69.1 cm³/mol. The second-order valence-corrected chi connectivity index (χ2v) is 4.34. The molecule has 2 aromatic rings. The number of hydrogen-bond donors (Lipinski definition) is 1. The summed E-state index contributed by atoms with van der Waals surface area (Å²) < 4.78 is 10.4. The Labute approximate surface area is 106 Å². The largest absolute Gasteiger partial charge is 0.399 e. The summed E-state index contributed by atoms with van der Waals surface area (Å²) in [5.74, 6) is 1.17. The first-order valence-corrected chi connectivity index (χ1v) is 5.82. The number of nitrogen functional groups attached to an aromatic ring is 1. The summed E-state index contributed by atoms with van der Waals surface area (Å²) in [6.45, 7) is 3.93. The fourth-order valence-electron chi connectivity index (χ4n) is 1.71. The first-order valence-electron chi connectivity index (χ1n) is 5.82. The van der Waals surface area contributed by atoms with Crippen LogP contribution in [0.1, 0.15) is 18.3 Å². The molecule has 0 radical (unpaired) electrons. The summed E-state index contributed by atoms with van der Waals surface area (Å²) in [6, 6.07) is 5.60. The van der Waals surface area contributed by atoms with Crippen molar-refractivity contribution in [3.63, 3.8) is 0 Å². The van der Waals surface area contributed by atoms with Crippen LogP contribution in [0, 0.1) is 6.92 Å². The summed E-state index contributed by atoms with van der Waals surface area (Å²) in [6.07, 6.45) is 0.705. The number of benzene rings is 1. The molecule has 1 heterocycles. The first kappa shape index (κ1) is 12.6. The second-order valence-electron chi connectivity index (χ2n) is 4.34. The van der Waals surface area contributed by atoms with Crippen molar-refractivity contribution in [1.82, 2.24) is 10.1 Å². The minimum atomic E-state index is 0.0722. The van der Waals surface area contributed by atoms with E-state index in [2.05, 4.69) is 10.1 Å². The van der Waals surface area contributed by atoms with Crippen LogP contribution >= 0.6 is 0 Å². The van der Waals surface area contributed by atoms with Gasteiger partial charge in [-0.15, -0.1) is 0 Å². The number of nitrogens with zero attached hydrogens (tertiary/aromatic N) is 2. The Hall–Kier alpha value is -1.88. The monoisotopic (exact) mass is 247 g/mol. The Morgan fingerprint density at radius 3 is 2.89 bits per heavy atom. The third-order valence-corrected chi connectivity index (χ3v) is 2.82. The van der Waals surface area contributed by atoms with Gasteiger partial charge in [-0.3, -0.25) is 0 Å². The van der Waals surface area contributed by atoms with Gasteiger partial charge in [0.2, 0.25) is 0 Å². The SMILES string of the molecule is COC(C)Cc1noc(-c2ccc(N)cc2C)n1. The van der Waals surface area contributed by atoms with Crippen LogP contribution in [0.2, 0.25) is 0 Å². The second kappa shape index (κ2) is 5.18. The zero-order valence-corrected chi connectivity index (χ0v) is 10.8. The van der Waals surface area contributed by atoms with E-state index in [9.17, 15) is 0 Å². The van der Waals surface area contributed by atoms with Crippen molar-refractivity contribution in [3.8, 4) is 11.5 Å². The molecule has 0 aliphatic rings. The molecule has 0 bridgehead atoms. The molecule has 2 N–H and O–H groups in total. The fraction of sp³-hybridized carbons (Fsp3) is 0.385. The van der Waals surface area contributed by atoms with Gasteiger partial charge in [0, 0.05) is 24.8 Å². The maximum atomic E-state index is 5.71. The van der Waals surface area contributed by atoms with Crippen LogP contribution < -0.4 is 5.73 Å². The Balaban J connectivity index is 2.24. The number of anilines is 1. The normalized spacial score (nSPS) is 12.6. The van der Waals surface area contributed by atoms with Crippen LogP contribution in [-0.4, -0.2) is 23.4 Å². The Bertz CT molecular complexity index is 537. The lowest BCUT2D eigenvalue weighted by atomic mass is 10.1. The van der Waals surface area contributed by atoms with Crippen molar-refractivity contribution in [2.24, 2.45) is 0 Å². The van der Waals surface area contributed by atoms with Crippen molar-refractivity contribution in [1.29, 1.82) is 0 Å². The van der Waals surface area contributed by atoms with Gasteiger partial charge in [-0.25, -0.2) is 0 Å². The zero-order chi connectivity index (χ0) is 13.1. The standard InChI is InChI=1S/C13H17N3O2/c1-8-6-10(14)4-5-11(8)13-15-12(16-18-13)7-9(2)17-3/h4-6,9H,7,14H2,1-3H3. The molecule has 0 aliphatic heterocycles. The van der Waals surface area contributed by atoms with Gasteiger partial charge in [-0.1, -0.05) is 5.16 Å². The Kier molecular flexibility index (Phi) is 3.62. The molecule has 0 spiro atoms. The highest BCUT2D eigenvalue weighted by atomic mass is 16.5. The molecule has 0 aliphatic carbocycles. The van der Waals surface area contributed by atoms with Crippen molar-refractivity contribution in [3.05, 3.63) is 29.6 Å². The molecule has 0 saturated heterocycles.